The fourth-order valence-corrected chi connectivity index (χ4v) is 4.64. The number of ether oxygens (including phenoxy) is 2. The van der Waals surface area contributed by atoms with Crippen molar-refractivity contribution in [2.24, 2.45) is 0 Å². The molecular weight excluding hydrogens is 380 g/mol. The van der Waals surface area contributed by atoms with Crippen LogP contribution >= 0.6 is 0 Å². The third kappa shape index (κ3) is 5.54. The van der Waals surface area contributed by atoms with Crippen molar-refractivity contribution in [1.82, 2.24) is 10.6 Å². The van der Waals surface area contributed by atoms with Gasteiger partial charge in [-0.15, -0.1) is 0 Å². The first-order valence-electron chi connectivity index (χ1n) is 11.2. The lowest BCUT2D eigenvalue weighted by Crippen LogP contribution is -2.59. The van der Waals surface area contributed by atoms with Crippen LogP contribution in [0.1, 0.15) is 71.3 Å². The summed E-state index contributed by atoms with van der Waals surface area (Å²) in [7, 11) is 0. The van der Waals surface area contributed by atoms with E-state index in [4.69, 9.17) is 9.47 Å². The van der Waals surface area contributed by atoms with E-state index in [-0.39, 0.29) is 5.91 Å². The Labute approximate surface area is 180 Å². The van der Waals surface area contributed by atoms with Crippen LogP contribution in [0.2, 0.25) is 0 Å². The molecule has 1 saturated heterocycles. The molecule has 3 rings (SSSR count). The van der Waals surface area contributed by atoms with E-state index in [1.165, 1.54) is 0 Å². The molecule has 0 radical (unpaired) electrons. The van der Waals surface area contributed by atoms with Crippen molar-refractivity contribution in [3.8, 4) is 0 Å². The molecule has 1 aromatic carbocycles. The molecule has 1 aliphatic carbocycles. The first-order valence-corrected chi connectivity index (χ1v) is 11.2. The van der Waals surface area contributed by atoms with E-state index in [9.17, 15) is 9.59 Å². The van der Waals surface area contributed by atoms with Crippen LogP contribution in [-0.4, -0.2) is 42.9 Å². The molecule has 0 atom stereocenters. The van der Waals surface area contributed by atoms with Gasteiger partial charge in [0.2, 0.25) is 5.91 Å². The number of hydrogen-bond donors (Lipinski definition) is 2. The normalized spacial score (nSPS) is 20.8. The maximum absolute atomic E-state index is 13.5. The average molecular weight is 417 g/mol. The van der Waals surface area contributed by atoms with E-state index in [0.29, 0.717) is 32.6 Å². The molecule has 0 unspecified atom stereocenters. The Morgan fingerprint density at radius 1 is 1.00 bits per heavy atom. The molecule has 0 spiro atoms. The van der Waals surface area contributed by atoms with Crippen molar-refractivity contribution in [2.45, 2.75) is 82.3 Å². The van der Waals surface area contributed by atoms with Gasteiger partial charge >= 0.3 is 6.09 Å². The SMILES string of the molecule is CC(C)(C)OC(=O)NC1(CNC(=O)C2(c3ccccc3)CCOCC2)CCCCC1. The van der Waals surface area contributed by atoms with Crippen molar-refractivity contribution in [3.63, 3.8) is 0 Å². The fraction of sp³-hybridized carbons (Fsp3) is 0.667. The molecule has 6 nitrogen and oxygen atoms in total. The summed E-state index contributed by atoms with van der Waals surface area (Å²) in [5.74, 6) is 0.0212. The summed E-state index contributed by atoms with van der Waals surface area (Å²) in [6, 6.07) is 9.98. The summed E-state index contributed by atoms with van der Waals surface area (Å²) >= 11 is 0. The molecule has 2 aliphatic rings. The smallest absolute Gasteiger partial charge is 0.408 e. The van der Waals surface area contributed by atoms with Crippen LogP contribution in [0.25, 0.3) is 0 Å². The van der Waals surface area contributed by atoms with Crippen LogP contribution in [0.5, 0.6) is 0 Å². The molecule has 30 heavy (non-hydrogen) atoms. The van der Waals surface area contributed by atoms with Crippen molar-refractivity contribution >= 4 is 12.0 Å². The van der Waals surface area contributed by atoms with Gasteiger partial charge in [0.25, 0.3) is 0 Å². The maximum atomic E-state index is 13.5. The topological polar surface area (TPSA) is 76.7 Å². The van der Waals surface area contributed by atoms with Crippen molar-refractivity contribution in [2.75, 3.05) is 19.8 Å². The molecule has 1 heterocycles. The summed E-state index contributed by atoms with van der Waals surface area (Å²) in [6.07, 6.45) is 5.80. The highest BCUT2D eigenvalue weighted by Crippen LogP contribution is 2.36. The predicted octanol–water partition coefficient (Wildman–Crippen LogP) is 4.08. The second-order valence-corrected chi connectivity index (χ2v) is 9.71. The molecule has 6 heteroatoms. The van der Waals surface area contributed by atoms with Gasteiger partial charge in [0.05, 0.1) is 11.0 Å². The number of hydrogen-bond acceptors (Lipinski definition) is 4. The lowest BCUT2D eigenvalue weighted by atomic mass is 9.73. The molecule has 2 N–H and O–H groups in total. The minimum Gasteiger partial charge on any atom is -0.444 e. The maximum Gasteiger partial charge on any atom is 0.408 e. The van der Waals surface area contributed by atoms with E-state index in [1.54, 1.807) is 0 Å². The minimum atomic E-state index is -0.582. The van der Waals surface area contributed by atoms with Gasteiger partial charge in [-0.25, -0.2) is 4.79 Å². The van der Waals surface area contributed by atoms with Crippen molar-refractivity contribution in [1.29, 1.82) is 0 Å². The highest BCUT2D eigenvalue weighted by atomic mass is 16.6. The monoisotopic (exact) mass is 416 g/mol. The Bertz CT molecular complexity index is 714. The molecular formula is C24H36N2O4. The number of benzene rings is 1. The Hall–Kier alpha value is -2.08. The average Bonchev–Trinajstić information content (AvgIpc) is 2.72. The molecule has 0 bridgehead atoms. The minimum absolute atomic E-state index is 0.0212. The first kappa shape index (κ1) is 22.6. The third-order valence-corrected chi connectivity index (χ3v) is 6.27. The van der Waals surface area contributed by atoms with Crippen molar-refractivity contribution < 1.29 is 19.1 Å². The van der Waals surface area contributed by atoms with Crippen LogP contribution in [0, 0.1) is 0 Å². The van der Waals surface area contributed by atoms with E-state index < -0.39 is 22.6 Å². The number of nitrogens with one attached hydrogen (secondary N) is 2. The van der Waals surface area contributed by atoms with Crippen molar-refractivity contribution in [3.05, 3.63) is 35.9 Å². The van der Waals surface area contributed by atoms with Gasteiger partial charge in [-0.3, -0.25) is 4.79 Å². The lowest BCUT2D eigenvalue weighted by molar-refractivity contribution is -0.131. The van der Waals surface area contributed by atoms with E-state index in [0.717, 1.165) is 37.7 Å². The Morgan fingerprint density at radius 3 is 2.23 bits per heavy atom. The molecule has 1 aliphatic heterocycles. The van der Waals surface area contributed by atoms with Gasteiger partial charge in [0, 0.05) is 19.8 Å². The first-order chi connectivity index (χ1) is 14.2. The van der Waals surface area contributed by atoms with E-state index in [1.807, 2.05) is 51.1 Å². The Balaban J connectivity index is 1.73. The van der Waals surface area contributed by atoms with Gasteiger partial charge in [0.15, 0.2) is 0 Å². The quantitative estimate of drug-likeness (QED) is 0.758. The predicted molar refractivity (Wildman–Crippen MR) is 116 cm³/mol. The van der Waals surface area contributed by atoms with Gasteiger partial charge in [-0.1, -0.05) is 49.6 Å². The largest absolute Gasteiger partial charge is 0.444 e. The summed E-state index contributed by atoms with van der Waals surface area (Å²) in [6.45, 7) is 7.14. The van der Waals surface area contributed by atoms with E-state index in [2.05, 4.69) is 10.6 Å². The molecule has 166 valence electrons. The fourth-order valence-electron chi connectivity index (χ4n) is 4.64. The highest BCUT2D eigenvalue weighted by molar-refractivity contribution is 5.88. The molecule has 2 fully saturated rings. The van der Waals surface area contributed by atoms with Gasteiger partial charge in [-0.2, -0.15) is 0 Å². The van der Waals surface area contributed by atoms with Crippen LogP contribution in [0.15, 0.2) is 30.3 Å². The number of amides is 2. The van der Waals surface area contributed by atoms with Crippen LogP contribution in [0.3, 0.4) is 0 Å². The molecule has 1 saturated carbocycles. The van der Waals surface area contributed by atoms with Gasteiger partial charge in [0.1, 0.15) is 5.60 Å². The van der Waals surface area contributed by atoms with Crippen LogP contribution < -0.4 is 10.6 Å². The van der Waals surface area contributed by atoms with E-state index >= 15 is 0 Å². The standard InChI is InChI=1S/C24H36N2O4/c1-22(2,3)30-21(28)26-23(12-8-5-9-13-23)18-25-20(27)24(14-16-29-17-15-24)19-10-6-4-7-11-19/h4,6-7,10-11H,5,8-9,12-18H2,1-3H3,(H,25,27)(H,26,28). The van der Waals surface area contributed by atoms with Crippen LogP contribution in [0.4, 0.5) is 4.79 Å². The second-order valence-electron chi connectivity index (χ2n) is 9.71. The highest BCUT2D eigenvalue weighted by Gasteiger charge is 2.43. The number of rotatable bonds is 5. The number of carbonyl (C=O) groups is 2. The summed E-state index contributed by atoms with van der Waals surface area (Å²) in [4.78, 5) is 26.0. The Morgan fingerprint density at radius 2 is 1.63 bits per heavy atom. The zero-order valence-corrected chi connectivity index (χ0v) is 18.6. The Kier molecular flexibility index (Phi) is 7.06. The zero-order valence-electron chi connectivity index (χ0n) is 18.6. The van der Waals surface area contributed by atoms with Gasteiger partial charge in [-0.05, 0) is 52.0 Å². The lowest BCUT2D eigenvalue weighted by Gasteiger charge is -2.41. The summed E-state index contributed by atoms with van der Waals surface area (Å²) in [5.41, 5.74) is -0.563. The third-order valence-electron chi connectivity index (χ3n) is 6.27. The molecule has 1 aromatic rings. The zero-order chi connectivity index (χ0) is 21.7. The second kappa shape index (κ2) is 9.38. The summed E-state index contributed by atoms with van der Waals surface area (Å²) < 4.78 is 11.1. The number of carbonyl (C=O) groups excluding carboxylic acids is 2. The molecule has 0 aromatic heterocycles. The van der Waals surface area contributed by atoms with Gasteiger partial charge < -0.3 is 20.1 Å². The van der Waals surface area contributed by atoms with Crippen LogP contribution in [-0.2, 0) is 19.7 Å². The molecule has 2 amide bonds. The number of alkyl carbamates (subject to hydrolysis) is 1. The summed E-state index contributed by atoms with van der Waals surface area (Å²) in [5, 5.41) is 6.30.